The van der Waals surface area contributed by atoms with E-state index in [1.54, 1.807) is 6.08 Å². The van der Waals surface area contributed by atoms with Gasteiger partial charge in [0.15, 0.2) is 0 Å². The SMILES string of the molecule is O=C(CN1C(=O)C(=Cc2cccs2)SC1=S)N(CCO)Cc1ccccc1. The molecule has 0 atom stereocenters. The Bertz CT molecular complexity index is 850. The molecular weight excluding hydrogens is 400 g/mol. The van der Waals surface area contributed by atoms with Crippen LogP contribution >= 0.6 is 35.3 Å². The molecule has 2 amide bonds. The van der Waals surface area contributed by atoms with E-state index in [1.165, 1.54) is 32.9 Å². The van der Waals surface area contributed by atoms with Crippen molar-refractivity contribution in [1.82, 2.24) is 9.80 Å². The zero-order chi connectivity index (χ0) is 19.2. The predicted octanol–water partition coefficient (Wildman–Crippen LogP) is 2.97. The second kappa shape index (κ2) is 9.27. The van der Waals surface area contributed by atoms with E-state index < -0.39 is 0 Å². The van der Waals surface area contributed by atoms with Gasteiger partial charge in [-0.25, -0.2) is 0 Å². The summed E-state index contributed by atoms with van der Waals surface area (Å²) >= 11 is 8.04. The molecular formula is C19H18N2O3S3. The molecule has 1 aliphatic heterocycles. The smallest absolute Gasteiger partial charge is 0.266 e. The molecule has 0 bridgehead atoms. The molecule has 0 saturated carbocycles. The number of thiophene rings is 1. The van der Waals surface area contributed by atoms with Crippen LogP contribution in [0.25, 0.3) is 6.08 Å². The number of hydrogen-bond donors (Lipinski definition) is 1. The molecule has 0 spiro atoms. The van der Waals surface area contributed by atoms with Crippen molar-refractivity contribution in [3.05, 3.63) is 63.2 Å². The number of benzene rings is 1. The predicted molar refractivity (Wildman–Crippen MR) is 113 cm³/mol. The number of aliphatic hydroxyl groups is 1. The second-order valence-electron chi connectivity index (χ2n) is 5.81. The van der Waals surface area contributed by atoms with E-state index in [2.05, 4.69) is 0 Å². The van der Waals surface area contributed by atoms with Crippen LogP contribution < -0.4 is 0 Å². The van der Waals surface area contributed by atoms with Crippen LogP contribution in [0.2, 0.25) is 0 Å². The number of carbonyl (C=O) groups is 2. The summed E-state index contributed by atoms with van der Waals surface area (Å²) in [6, 6.07) is 13.4. The average Bonchev–Trinajstić information content (AvgIpc) is 3.26. The highest BCUT2D eigenvalue weighted by molar-refractivity contribution is 8.26. The molecule has 3 rings (SSSR count). The van der Waals surface area contributed by atoms with Crippen LogP contribution in [-0.4, -0.2) is 50.7 Å². The van der Waals surface area contributed by atoms with E-state index in [0.717, 1.165) is 10.4 Å². The maximum absolute atomic E-state index is 12.7. The van der Waals surface area contributed by atoms with Gasteiger partial charge >= 0.3 is 0 Å². The number of carbonyl (C=O) groups excluding carboxylic acids is 2. The molecule has 1 aliphatic rings. The molecule has 2 aromatic rings. The third-order valence-electron chi connectivity index (χ3n) is 3.92. The molecule has 1 aromatic carbocycles. The van der Waals surface area contributed by atoms with Crippen LogP contribution in [0, 0.1) is 0 Å². The zero-order valence-corrected chi connectivity index (χ0v) is 16.9. The summed E-state index contributed by atoms with van der Waals surface area (Å²) in [5.41, 5.74) is 0.960. The van der Waals surface area contributed by atoms with Gasteiger partial charge in [0.2, 0.25) is 5.91 Å². The van der Waals surface area contributed by atoms with Crippen molar-refractivity contribution < 1.29 is 14.7 Å². The number of amides is 2. The maximum Gasteiger partial charge on any atom is 0.266 e. The van der Waals surface area contributed by atoms with Crippen molar-refractivity contribution in [3.8, 4) is 0 Å². The van der Waals surface area contributed by atoms with Gasteiger partial charge in [-0.05, 0) is 23.1 Å². The first-order valence-electron chi connectivity index (χ1n) is 8.30. The Labute approximate surface area is 171 Å². The first-order valence-corrected chi connectivity index (χ1v) is 10.4. The Kier molecular flexibility index (Phi) is 6.78. The van der Waals surface area contributed by atoms with Crippen LogP contribution in [-0.2, 0) is 16.1 Å². The molecule has 27 heavy (non-hydrogen) atoms. The molecule has 1 fully saturated rings. The third kappa shape index (κ3) is 5.04. The summed E-state index contributed by atoms with van der Waals surface area (Å²) in [5, 5.41) is 11.2. The monoisotopic (exact) mass is 418 g/mol. The van der Waals surface area contributed by atoms with E-state index in [1.807, 2.05) is 47.8 Å². The fourth-order valence-corrected chi connectivity index (χ4v) is 4.57. The van der Waals surface area contributed by atoms with E-state index >= 15 is 0 Å². The lowest BCUT2D eigenvalue weighted by molar-refractivity contribution is -0.136. The lowest BCUT2D eigenvalue weighted by Crippen LogP contribution is -2.42. The summed E-state index contributed by atoms with van der Waals surface area (Å²) in [5.74, 6) is -0.503. The zero-order valence-electron chi connectivity index (χ0n) is 14.4. The first-order chi connectivity index (χ1) is 13.1. The van der Waals surface area contributed by atoms with Gasteiger partial charge in [-0.1, -0.05) is 60.4 Å². The molecule has 1 N–H and O–H groups in total. The van der Waals surface area contributed by atoms with Crippen molar-refractivity contribution in [2.75, 3.05) is 19.7 Å². The molecule has 1 aromatic heterocycles. The van der Waals surface area contributed by atoms with E-state index in [4.69, 9.17) is 12.2 Å². The van der Waals surface area contributed by atoms with Crippen molar-refractivity contribution >= 4 is 57.5 Å². The maximum atomic E-state index is 12.7. The summed E-state index contributed by atoms with van der Waals surface area (Å²) < 4.78 is 0.375. The molecule has 0 aliphatic carbocycles. The highest BCUT2D eigenvalue weighted by Crippen LogP contribution is 2.33. The van der Waals surface area contributed by atoms with E-state index in [0.29, 0.717) is 15.8 Å². The molecule has 1 saturated heterocycles. The number of aliphatic hydroxyl groups excluding tert-OH is 1. The number of hydrogen-bond acceptors (Lipinski definition) is 6. The highest BCUT2D eigenvalue weighted by Gasteiger charge is 2.34. The third-order valence-corrected chi connectivity index (χ3v) is 6.12. The van der Waals surface area contributed by atoms with Crippen molar-refractivity contribution in [3.63, 3.8) is 0 Å². The minimum Gasteiger partial charge on any atom is -0.395 e. The van der Waals surface area contributed by atoms with Crippen molar-refractivity contribution in [2.45, 2.75) is 6.54 Å². The Morgan fingerprint density at radius 1 is 1.22 bits per heavy atom. The molecule has 5 nitrogen and oxygen atoms in total. The van der Waals surface area contributed by atoms with Crippen LogP contribution in [0.4, 0.5) is 0 Å². The number of nitrogens with zero attached hydrogens (tertiary/aromatic N) is 2. The van der Waals surface area contributed by atoms with E-state index in [9.17, 15) is 14.7 Å². The Morgan fingerprint density at radius 2 is 2.00 bits per heavy atom. The topological polar surface area (TPSA) is 60.9 Å². The quantitative estimate of drug-likeness (QED) is 0.553. The minimum atomic E-state index is -0.254. The van der Waals surface area contributed by atoms with Gasteiger partial charge in [0.25, 0.3) is 5.91 Å². The normalized spacial score (nSPS) is 15.6. The Balaban J connectivity index is 1.69. The van der Waals surface area contributed by atoms with Crippen molar-refractivity contribution in [2.24, 2.45) is 0 Å². The summed E-state index contributed by atoms with van der Waals surface area (Å²) in [6.07, 6.45) is 1.80. The number of thiocarbonyl (C=S) groups is 1. The van der Waals surface area contributed by atoms with Gasteiger partial charge in [0.1, 0.15) is 10.9 Å². The van der Waals surface area contributed by atoms with Gasteiger partial charge in [0, 0.05) is 18.0 Å². The van der Waals surface area contributed by atoms with Crippen molar-refractivity contribution in [1.29, 1.82) is 0 Å². The summed E-state index contributed by atoms with van der Waals surface area (Å²) in [7, 11) is 0. The molecule has 140 valence electrons. The number of thioether (sulfide) groups is 1. The Hall–Kier alpha value is -2.00. The summed E-state index contributed by atoms with van der Waals surface area (Å²) in [4.78, 5) is 29.7. The van der Waals surface area contributed by atoms with Gasteiger partial charge in [-0.3, -0.25) is 14.5 Å². The van der Waals surface area contributed by atoms with Crippen LogP contribution in [0.1, 0.15) is 10.4 Å². The molecule has 2 heterocycles. The van der Waals surface area contributed by atoms with Crippen LogP contribution in [0.3, 0.4) is 0 Å². The van der Waals surface area contributed by atoms with Gasteiger partial charge < -0.3 is 10.0 Å². The lowest BCUT2D eigenvalue weighted by atomic mass is 10.2. The fourth-order valence-electron chi connectivity index (χ4n) is 2.59. The van der Waals surface area contributed by atoms with E-state index in [-0.39, 0.29) is 31.5 Å². The minimum absolute atomic E-state index is 0.126. The van der Waals surface area contributed by atoms with Gasteiger partial charge in [0.05, 0.1) is 11.5 Å². The molecule has 0 radical (unpaired) electrons. The second-order valence-corrected chi connectivity index (χ2v) is 8.46. The van der Waals surface area contributed by atoms with Gasteiger partial charge in [-0.2, -0.15) is 0 Å². The largest absolute Gasteiger partial charge is 0.395 e. The number of rotatable bonds is 7. The Morgan fingerprint density at radius 3 is 2.67 bits per heavy atom. The molecule has 0 unspecified atom stereocenters. The molecule has 8 heteroatoms. The standard InChI is InChI=1S/C19H18N2O3S3/c22-9-8-20(12-14-5-2-1-3-6-14)17(23)13-21-18(24)16(27-19(21)25)11-15-7-4-10-26-15/h1-7,10-11,22H,8-9,12-13H2. The highest BCUT2D eigenvalue weighted by atomic mass is 32.2. The summed E-state index contributed by atoms with van der Waals surface area (Å²) in [6.45, 7) is 0.308. The lowest BCUT2D eigenvalue weighted by Gasteiger charge is -2.24. The fraction of sp³-hybridized carbons (Fsp3) is 0.211. The first kappa shape index (κ1) is 19.8. The average molecular weight is 419 g/mol. The van der Waals surface area contributed by atoms with Crippen LogP contribution in [0.5, 0.6) is 0 Å². The van der Waals surface area contributed by atoms with Gasteiger partial charge in [-0.15, -0.1) is 11.3 Å². The van der Waals surface area contributed by atoms with Crippen LogP contribution in [0.15, 0.2) is 52.7 Å².